The molecule has 0 aromatic carbocycles. The van der Waals surface area contributed by atoms with Crippen molar-refractivity contribution in [2.24, 2.45) is 5.92 Å². The smallest absolute Gasteiger partial charge is 0.163 e. The third-order valence-electron chi connectivity index (χ3n) is 0.668. The van der Waals surface area contributed by atoms with Crippen LogP contribution in [0.3, 0.4) is 0 Å². The summed E-state index contributed by atoms with van der Waals surface area (Å²) in [4.78, 5) is 0. The van der Waals surface area contributed by atoms with Crippen molar-refractivity contribution in [3.8, 4) is 0 Å². The summed E-state index contributed by atoms with van der Waals surface area (Å²) in [7, 11) is 0. The van der Waals surface area contributed by atoms with Crippen LogP contribution in [0.15, 0.2) is 0 Å². The van der Waals surface area contributed by atoms with E-state index in [2.05, 4.69) is 22.6 Å². The summed E-state index contributed by atoms with van der Waals surface area (Å²) in [5.74, 6) is 0.375. The van der Waals surface area contributed by atoms with E-state index < -0.39 is 0 Å². The van der Waals surface area contributed by atoms with Gasteiger partial charge in [-0.05, 0) is 34.8 Å². The number of halogens is 1. The summed E-state index contributed by atoms with van der Waals surface area (Å²) in [6, 6.07) is 0. The largest absolute Gasteiger partial charge is 0.477 e. The van der Waals surface area contributed by atoms with Crippen LogP contribution in [-0.4, -0.2) is 9.66 Å². The molecule has 0 atom stereocenters. The second-order valence-electron chi connectivity index (χ2n) is 1.73. The first-order valence-corrected chi connectivity index (χ1v) is 4.34. The van der Waals surface area contributed by atoms with E-state index in [1.807, 2.05) is 13.8 Å². The Hall–Kier alpha value is 0.620. The fraction of sp³-hybridized carbons (Fsp3) is 0.800. The molecule has 8 heavy (non-hydrogen) atoms. The van der Waals surface area contributed by atoms with Crippen molar-refractivity contribution in [3.63, 3.8) is 0 Å². The summed E-state index contributed by atoms with van der Waals surface area (Å²) >= 11 is 6.98. The lowest BCUT2D eigenvalue weighted by Gasteiger charge is -2.05. The van der Waals surface area contributed by atoms with E-state index in [1.165, 1.54) is 0 Å². The van der Waals surface area contributed by atoms with Crippen LogP contribution in [-0.2, 0) is 4.74 Å². The molecule has 0 aliphatic rings. The molecule has 0 heterocycles. The van der Waals surface area contributed by atoms with Gasteiger partial charge in [-0.25, -0.2) is 0 Å². The molecule has 3 heteroatoms. The normalized spacial score (nSPS) is 9.50. The Balaban J connectivity index is 3.33. The number of hydrogen-bond acceptors (Lipinski definition) is 2. The van der Waals surface area contributed by atoms with Crippen LogP contribution in [0.4, 0.5) is 0 Å². The predicted octanol–water partition coefficient (Wildman–Crippen LogP) is 2.38. The maximum Gasteiger partial charge on any atom is 0.163 e. The average Bonchev–Trinajstić information content (AvgIpc) is 1.67. The lowest BCUT2D eigenvalue weighted by molar-refractivity contribution is 0.378. The molecule has 0 amide bonds. The molecule has 0 unspecified atom stereocenters. The van der Waals surface area contributed by atoms with Crippen LogP contribution in [0, 0.1) is 5.92 Å². The van der Waals surface area contributed by atoms with Gasteiger partial charge in [0.1, 0.15) is 4.61 Å². The zero-order chi connectivity index (χ0) is 6.57. The summed E-state index contributed by atoms with van der Waals surface area (Å²) in [5.41, 5.74) is 0. The molecule has 0 rings (SSSR count). The molecule has 0 aromatic rings. The zero-order valence-electron chi connectivity index (χ0n) is 4.98. The van der Waals surface area contributed by atoms with E-state index in [4.69, 9.17) is 17.0 Å². The highest BCUT2D eigenvalue weighted by atomic mass is 127. The van der Waals surface area contributed by atoms with E-state index in [0.29, 0.717) is 15.6 Å². The number of ether oxygens (including phenoxy) is 1. The van der Waals surface area contributed by atoms with E-state index >= 15 is 0 Å². The first-order valence-electron chi connectivity index (χ1n) is 2.41. The Labute approximate surface area is 68.9 Å². The van der Waals surface area contributed by atoms with E-state index in [-0.39, 0.29) is 0 Å². The number of hydrogen-bond donors (Lipinski definition) is 0. The fourth-order valence-corrected chi connectivity index (χ4v) is 0.826. The minimum atomic E-state index is 0.375. The predicted molar refractivity (Wildman–Crippen MR) is 47.4 cm³/mol. The number of rotatable bonds is 2. The molecule has 1 nitrogen and oxygen atoms in total. The monoisotopic (exact) mass is 244 g/mol. The van der Waals surface area contributed by atoms with Gasteiger partial charge < -0.3 is 4.74 Å². The maximum absolute atomic E-state index is 5.02. The Morgan fingerprint density at radius 3 is 2.38 bits per heavy atom. The van der Waals surface area contributed by atoms with Crippen molar-refractivity contribution in [2.75, 3.05) is 4.61 Å². The summed E-state index contributed by atoms with van der Waals surface area (Å²) in [6.45, 7) is 4.04. The molecule has 0 aliphatic heterocycles. The molecule has 0 spiro atoms. The third kappa shape index (κ3) is 3.60. The molecule has 0 aliphatic carbocycles. The van der Waals surface area contributed by atoms with Crippen LogP contribution < -0.4 is 0 Å². The van der Waals surface area contributed by atoms with Gasteiger partial charge in [-0.1, -0.05) is 13.8 Å². The second kappa shape index (κ2) is 4.49. The first-order chi connectivity index (χ1) is 3.68. The van der Waals surface area contributed by atoms with Crippen LogP contribution in [0.2, 0.25) is 0 Å². The minimum Gasteiger partial charge on any atom is -0.477 e. The van der Waals surface area contributed by atoms with Gasteiger partial charge in [0.15, 0.2) is 5.05 Å². The van der Waals surface area contributed by atoms with Crippen LogP contribution in [0.5, 0.6) is 0 Å². The standard InChI is InChI=1S/C5H9IOS/c1-4(2)5(8)7-3-6/h4H,3H2,1-2H3. The Morgan fingerprint density at radius 2 is 2.25 bits per heavy atom. The molecular formula is C5H9IOS. The van der Waals surface area contributed by atoms with Crippen LogP contribution >= 0.6 is 34.8 Å². The van der Waals surface area contributed by atoms with Gasteiger partial charge in [0.05, 0.1) is 0 Å². The topological polar surface area (TPSA) is 9.23 Å². The quantitative estimate of drug-likeness (QED) is 0.419. The second-order valence-corrected chi connectivity index (χ2v) is 2.75. The number of alkyl halides is 1. The molecule has 48 valence electrons. The minimum absolute atomic E-state index is 0.375. The van der Waals surface area contributed by atoms with E-state index in [9.17, 15) is 0 Å². The Morgan fingerprint density at radius 1 is 1.75 bits per heavy atom. The zero-order valence-corrected chi connectivity index (χ0v) is 7.95. The molecule has 0 saturated heterocycles. The molecular weight excluding hydrogens is 235 g/mol. The highest BCUT2D eigenvalue weighted by Crippen LogP contribution is 1.99. The van der Waals surface area contributed by atoms with Crippen molar-refractivity contribution in [1.82, 2.24) is 0 Å². The van der Waals surface area contributed by atoms with Crippen molar-refractivity contribution < 1.29 is 4.74 Å². The van der Waals surface area contributed by atoms with Crippen LogP contribution in [0.25, 0.3) is 0 Å². The van der Waals surface area contributed by atoms with Gasteiger partial charge in [0.25, 0.3) is 0 Å². The highest BCUT2D eigenvalue weighted by Gasteiger charge is 2.00. The Bertz CT molecular complexity index is 82.5. The molecule has 0 aromatic heterocycles. The Kier molecular flexibility index (Phi) is 4.84. The molecule has 0 N–H and O–H groups in total. The van der Waals surface area contributed by atoms with E-state index in [0.717, 1.165) is 0 Å². The van der Waals surface area contributed by atoms with Gasteiger partial charge in [-0.15, -0.1) is 0 Å². The molecule has 0 saturated carbocycles. The molecule has 0 bridgehead atoms. The summed E-state index contributed by atoms with van der Waals surface area (Å²) < 4.78 is 5.68. The first kappa shape index (κ1) is 8.62. The number of thiocarbonyl (C=S) groups is 1. The van der Waals surface area contributed by atoms with E-state index in [1.54, 1.807) is 0 Å². The van der Waals surface area contributed by atoms with Gasteiger partial charge in [-0.2, -0.15) is 0 Å². The lowest BCUT2D eigenvalue weighted by Crippen LogP contribution is -2.07. The lowest BCUT2D eigenvalue weighted by atomic mass is 10.2. The average molecular weight is 244 g/mol. The van der Waals surface area contributed by atoms with Crippen molar-refractivity contribution in [1.29, 1.82) is 0 Å². The fourth-order valence-electron chi connectivity index (χ4n) is 0.220. The van der Waals surface area contributed by atoms with Gasteiger partial charge in [0.2, 0.25) is 0 Å². The van der Waals surface area contributed by atoms with Gasteiger partial charge in [-0.3, -0.25) is 0 Å². The van der Waals surface area contributed by atoms with Crippen molar-refractivity contribution in [2.45, 2.75) is 13.8 Å². The maximum atomic E-state index is 5.02. The molecule has 0 fully saturated rings. The third-order valence-corrected chi connectivity index (χ3v) is 1.57. The van der Waals surface area contributed by atoms with Crippen molar-refractivity contribution >= 4 is 39.9 Å². The van der Waals surface area contributed by atoms with Crippen LogP contribution in [0.1, 0.15) is 13.8 Å². The summed E-state index contributed by atoms with van der Waals surface area (Å²) in [6.07, 6.45) is 0. The van der Waals surface area contributed by atoms with Crippen molar-refractivity contribution in [3.05, 3.63) is 0 Å². The summed E-state index contributed by atoms with van der Waals surface area (Å²) in [5, 5.41) is 0.708. The van der Waals surface area contributed by atoms with Gasteiger partial charge >= 0.3 is 0 Å². The SMILES string of the molecule is CC(C)C(=S)OCI. The van der Waals surface area contributed by atoms with Gasteiger partial charge in [0, 0.05) is 5.92 Å². The molecule has 0 radical (unpaired) electrons. The highest BCUT2D eigenvalue weighted by molar-refractivity contribution is 14.1.